The van der Waals surface area contributed by atoms with Crippen molar-refractivity contribution < 1.29 is 22.7 Å². The van der Waals surface area contributed by atoms with Crippen molar-refractivity contribution in [2.75, 3.05) is 26.3 Å². The standard InChI is InChI=1S/C25H26F2N8O3/c26-18-5-6-21(27)31-22(18)23-20(35-12-15(11-29-35)25-30-19(14-38-25)24(28)36)13-34(32-23)17-3-1-16(2-4-17)33-7-9-37-10-8-33/h5-6,11-14,16-17H,1-4,7-10H2,(H2,28,36). The molecule has 2 fully saturated rings. The van der Waals surface area contributed by atoms with Crippen LogP contribution in [0.1, 0.15) is 42.2 Å². The van der Waals surface area contributed by atoms with Crippen LogP contribution in [0.2, 0.25) is 0 Å². The zero-order chi connectivity index (χ0) is 26.2. The summed E-state index contributed by atoms with van der Waals surface area (Å²) in [5.41, 5.74) is 6.10. The van der Waals surface area contributed by atoms with Crippen LogP contribution in [0.15, 0.2) is 41.4 Å². The summed E-state index contributed by atoms with van der Waals surface area (Å²) in [6, 6.07) is 2.59. The van der Waals surface area contributed by atoms with Gasteiger partial charge in [0.1, 0.15) is 23.3 Å². The molecule has 2 aliphatic rings. The highest BCUT2D eigenvalue weighted by atomic mass is 19.1. The van der Waals surface area contributed by atoms with E-state index >= 15 is 0 Å². The number of oxazole rings is 1. The van der Waals surface area contributed by atoms with E-state index in [2.05, 4.69) is 25.1 Å². The number of primary amides is 1. The van der Waals surface area contributed by atoms with E-state index in [1.54, 1.807) is 12.4 Å². The summed E-state index contributed by atoms with van der Waals surface area (Å²) in [7, 11) is 0. The van der Waals surface area contributed by atoms with Crippen LogP contribution in [-0.2, 0) is 4.74 Å². The maximum absolute atomic E-state index is 14.8. The molecule has 2 N–H and O–H groups in total. The van der Waals surface area contributed by atoms with Gasteiger partial charge in [-0.2, -0.15) is 14.6 Å². The van der Waals surface area contributed by atoms with E-state index in [-0.39, 0.29) is 29.0 Å². The lowest BCUT2D eigenvalue weighted by molar-refractivity contribution is 0.00507. The molecule has 0 spiro atoms. The Bertz CT molecular complexity index is 1450. The number of nitrogens with two attached hydrogens (primary N) is 1. The van der Waals surface area contributed by atoms with Gasteiger partial charge in [-0.3, -0.25) is 14.4 Å². The van der Waals surface area contributed by atoms with Gasteiger partial charge in [-0.1, -0.05) is 0 Å². The monoisotopic (exact) mass is 524 g/mol. The molecule has 38 heavy (non-hydrogen) atoms. The molecule has 1 saturated heterocycles. The van der Waals surface area contributed by atoms with Gasteiger partial charge in [0.2, 0.25) is 11.8 Å². The number of carbonyl (C=O) groups excluding carboxylic acids is 1. The van der Waals surface area contributed by atoms with Gasteiger partial charge >= 0.3 is 0 Å². The Morgan fingerprint density at radius 3 is 2.50 bits per heavy atom. The maximum Gasteiger partial charge on any atom is 0.270 e. The lowest BCUT2D eigenvalue weighted by Crippen LogP contribution is -2.45. The molecule has 4 aromatic heterocycles. The molecule has 0 aromatic carbocycles. The topological polar surface area (TPSA) is 130 Å². The average Bonchev–Trinajstić information content (AvgIpc) is 3.70. The minimum Gasteiger partial charge on any atom is -0.444 e. The second-order valence-corrected chi connectivity index (χ2v) is 9.49. The number of pyridine rings is 1. The number of hydrogen-bond acceptors (Lipinski definition) is 8. The van der Waals surface area contributed by atoms with Gasteiger partial charge in [0.15, 0.2) is 11.5 Å². The summed E-state index contributed by atoms with van der Waals surface area (Å²) in [5, 5.41) is 9.05. The largest absolute Gasteiger partial charge is 0.444 e. The molecule has 4 aromatic rings. The average molecular weight is 525 g/mol. The van der Waals surface area contributed by atoms with Crippen LogP contribution in [0.4, 0.5) is 8.78 Å². The SMILES string of the molecule is NC(=O)c1coc(-c2cnn(-c3cn(C4CCC(N5CCOCC5)CC4)nc3-c3nc(F)ccc3F)c2)n1. The van der Waals surface area contributed by atoms with Gasteiger partial charge in [0.25, 0.3) is 5.91 Å². The highest BCUT2D eigenvalue weighted by Crippen LogP contribution is 2.34. The van der Waals surface area contributed by atoms with Crippen LogP contribution in [0, 0.1) is 11.8 Å². The Labute approximate surface area is 216 Å². The third-order valence-electron chi connectivity index (χ3n) is 7.18. The fraction of sp³-hybridized carbons (Fsp3) is 0.400. The molecular weight excluding hydrogens is 498 g/mol. The van der Waals surface area contributed by atoms with Crippen LogP contribution >= 0.6 is 0 Å². The molecule has 0 bridgehead atoms. The van der Waals surface area contributed by atoms with E-state index in [9.17, 15) is 13.6 Å². The minimum absolute atomic E-state index is 0.0139. The van der Waals surface area contributed by atoms with Crippen molar-refractivity contribution in [1.29, 1.82) is 0 Å². The third-order valence-corrected chi connectivity index (χ3v) is 7.18. The summed E-state index contributed by atoms with van der Waals surface area (Å²) in [4.78, 5) is 21.7. The van der Waals surface area contributed by atoms with E-state index in [0.717, 1.165) is 70.4 Å². The number of rotatable bonds is 6. The van der Waals surface area contributed by atoms with Crippen LogP contribution < -0.4 is 5.73 Å². The highest BCUT2D eigenvalue weighted by molar-refractivity contribution is 5.90. The van der Waals surface area contributed by atoms with E-state index in [1.165, 1.54) is 10.9 Å². The van der Waals surface area contributed by atoms with E-state index in [1.807, 2.05) is 4.68 Å². The fourth-order valence-corrected chi connectivity index (χ4v) is 5.20. The van der Waals surface area contributed by atoms with Gasteiger partial charge in [0, 0.05) is 25.3 Å². The van der Waals surface area contributed by atoms with Crippen molar-refractivity contribution in [2.45, 2.75) is 37.8 Å². The number of morpholine rings is 1. The lowest BCUT2D eigenvalue weighted by atomic mass is 9.90. The number of ether oxygens (including phenoxy) is 1. The Hall–Kier alpha value is -3.97. The second-order valence-electron chi connectivity index (χ2n) is 9.49. The molecule has 5 heterocycles. The van der Waals surface area contributed by atoms with Gasteiger partial charge in [-0.05, 0) is 37.8 Å². The van der Waals surface area contributed by atoms with E-state index in [4.69, 9.17) is 14.9 Å². The van der Waals surface area contributed by atoms with Crippen molar-refractivity contribution in [3.05, 3.63) is 54.4 Å². The van der Waals surface area contributed by atoms with Gasteiger partial charge in [-0.25, -0.2) is 19.0 Å². The second kappa shape index (κ2) is 10.1. The normalized spacial score (nSPS) is 20.6. The molecule has 0 radical (unpaired) electrons. The van der Waals surface area contributed by atoms with Gasteiger partial charge in [-0.15, -0.1) is 0 Å². The molecule has 1 saturated carbocycles. The molecule has 0 atom stereocenters. The molecule has 1 amide bonds. The summed E-state index contributed by atoms with van der Waals surface area (Å²) < 4.78 is 43.0. The maximum atomic E-state index is 14.8. The molecular formula is C25H26F2N8O3. The van der Waals surface area contributed by atoms with Crippen LogP contribution in [0.3, 0.4) is 0 Å². The molecule has 11 nitrogen and oxygen atoms in total. The van der Waals surface area contributed by atoms with E-state index in [0.29, 0.717) is 17.3 Å². The summed E-state index contributed by atoms with van der Waals surface area (Å²) in [6.07, 6.45) is 9.87. The first-order valence-corrected chi connectivity index (χ1v) is 12.5. The first kappa shape index (κ1) is 24.4. The molecule has 13 heteroatoms. The van der Waals surface area contributed by atoms with Crippen molar-refractivity contribution >= 4 is 5.91 Å². The summed E-state index contributed by atoms with van der Waals surface area (Å²) in [5.74, 6) is -2.07. The van der Waals surface area contributed by atoms with Crippen molar-refractivity contribution in [3.63, 3.8) is 0 Å². The Morgan fingerprint density at radius 1 is 1.00 bits per heavy atom. The molecule has 198 valence electrons. The number of nitrogens with zero attached hydrogens (tertiary/aromatic N) is 7. The Balaban J connectivity index is 1.32. The Kier molecular flexibility index (Phi) is 6.45. The number of halogens is 2. The van der Waals surface area contributed by atoms with Crippen molar-refractivity contribution in [2.24, 2.45) is 5.73 Å². The predicted molar refractivity (Wildman–Crippen MR) is 130 cm³/mol. The molecule has 0 unspecified atom stereocenters. The summed E-state index contributed by atoms with van der Waals surface area (Å²) >= 11 is 0. The highest BCUT2D eigenvalue weighted by Gasteiger charge is 2.30. The first-order valence-electron chi connectivity index (χ1n) is 12.5. The van der Waals surface area contributed by atoms with Crippen molar-refractivity contribution in [3.8, 4) is 28.5 Å². The smallest absolute Gasteiger partial charge is 0.270 e. The fourth-order valence-electron chi connectivity index (χ4n) is 5.20. The number of amides is 1. The number of hydrogen-bond donors (Lipinski definition) is 1. The zero-order valence-corrected chi connectivity index (χ0v) is 20.5. The lowest BCUT2D eigenvalue weighted by Gasteiger charge is -2.38. The zero-order valence-electron chi connectivity index (χ0n) is 20.5. The van der Waals surface area contributed by atoms with Crippen molar-refractivity contribution in [1.82, 2.24) is 34.4 Å². The number of aromatic nitrogens is 6. The molecule has 6 rings (SSSR count). The molecule has 1 aliphatic heterocycles. The predicted octanol–water partition coefficient (Wildman–Crippen LogP) is 2.98. The summed E-state index contributed by atoms with van der Waals surface area (Å²) in [6.45, 7) is 3.43. The Morgan fingerprint density at radius 2 is 1.76 bits per heavy atom. The minimum atomic E-state index is -0.812. The quantitative estimate of drug-likeness (QED) is 0.381. The first-order chi connectivity index (χ1) is 18.5. The van der Waals surface area contributed by atoms with E-state index < -0.39 is 17.7 Å². The van der Waals surface area contributed by atoms with Crippen LogP contribution in [-0.4, -0.2) is 72.7 Å². The van der Waals surface area contributed by atoms with Crippen LogP contribution in [0.5, 0.6) is 0 Å². The number of carbonyl (C=O) groups is 1. The van der Waals surface area contributed by atoms with Crippen LogP contribution in [0.25, 0.3) is 28.5 Å². The third kappa shape index (κ3) is 4.70. The molecule has 1 aliphatic carbocycles. The van der Waals surface area contributed by atoms with Gasteiger partial charge < -0.3 is 14.9 Å². The van der Waals surface area contributed by atoms with Gasteiger partial charge in [0.05, 0.1) is 37.2 Å².